The molecule has 0 radical (unpaired) electrons. The van der Waals surface area contributed by atoms with Crippen molar-refractivity contribution in [2.45, 2.75) is 26.1 Å². The van der Waals surface area contributed by atoms with Crippen LogP contribution in [0, 0.1) is 0 Å². The Labute approximate surface area is 71.3 Å². The summed E-state index contributed by atoms with van der Waals surface area (Å²) in [6, 6.07) is 0. The van der Waals surface area contributed by atoms with Gasteiger partial charge in [-0.15, -0.1) is 0 Å². The van der Waals surface area contributed by atoms with Crippen molar-refractivity contribution >= 4 is 6.09 Å². The van der Waals surface area contributed by atoms with E-state index in [9.17, 15) is 4.79 Å². The van der Waals surface area contributed by atoms with E-state index in [2.05, 4.69) is 10.1 Å². The largest absolute Gasteiger partial charge is 0.450 e. The second-order valence-electron chi connectivity index (χ2n) is 2.27. The van der Waals surface area contributed by atoms with Gasteiger partial charge in [0.15, 0.2) is 6.29 Å². The maximum Gasteiger partial charge on any atom is 0.407 e. The lowest BCUT2D eigenvalue weighted by molar-refractivity contribution is -0.0461. The molecule has 72 valence electrons. The summed E-state index contributed by atoms with van der Waals surface area (Å²) in [5.74, 6) is 0. The van der Waals surface area contributed by atoms with Crippen LogP contribution in [-0.4, -0.2) is 35.7 Å². The van der Waals surface area contributed by atoms with Crippen LogP contribution in [0.1, 0.15) is 19.8 Å². The van der Waals surface area contributed by atoms with Crippen molar-refractivity contribution in [3.63, 3.8) is 0 Å². The van der Waals surface area contributed by atoms with E-state index >= 15 is 0 Å². The van der Waals surface area contributed by atoms with Crippen LogP contribution >= 0.6 is 0 Å². The lowest BCUT2D eigenvalue weighted by atomic mass is 10.3. The van der Waals surface area contributed by atoms with Crippen LogP contribution in [0.3, 0.4) is 0 Å². The highest BCUT2D eigenvalue weighted by Gasteiger charge is 2.00. The smallest absolute Gasteiger partial charge is 0.407 e. The number of rotatable bonds is 5. The molecular weight excluding hydrogens is 162 g/mol. The number of hydrogen-bond acceptors (Lipinski definition) is 4. The summed E-state index contributed by atoms with van der Waals surface area (Å²) in [4.78, 5) is 10.6. The van der Waals surface area contributed by atoms with Gasteiger partial charge < -0.3 is 20.3 Å². The Morgan fingerprint density at radius 2 is 2.25 bits per heavy atom. The predicted octanol–water partition coefficient (Wildman–Crippen LogP) is -0.177. The highest BCUT2D eigenvalue weighted by atomic mass is 16.5. The number of aliphatic hydroxyl groups is 2. The maximum absolute atomic E-state index is 10.6. The zero-order valence-electron chi connectivity index (χ0n) is 7.12. The molecule has 5 nitrogen and oxygen atoms in total. The zero-order valence-corrected chi connectivity index (χ0v) is 7.12. The van der Waals surface area contributed by atoms with Gasteiger partial charge in [0.2, 0.25) is 0 Å². The fraction of sp³-hybridized carbons (Fsp3) is 0.857. The zero-order chi connectivity index (χ0) is 9.40. The van der Waals surface area contributed by atoms with Crippen LogP contribution in [0.25, 0.3) is 0 Å². The molecule has 0 rings (SSSR count). The van der Waals surface area contributed by atoms with Crippen molar-refractivity contribution in [1.29, 1.82) is 0 Å². The molecule has 5 heteroatoms. The Morgan fingerprint density at radius 3 is 2.75 bits per heavy atom. The molecule has 0 aromatic rings. The van der Waals surface area contributed by atoms with Crippen LogP contribution in [0.5, 0.6) is 0 Å². The fourth-order valence-electron chi connectivity index (χ4n) is 0.657. The first-order valence-corrected chi connectivity index (χ1v) is 3.93. The highest BCUT2D eigenvalue weighted by molar-refractivity contribution is 5.66. The van der Waals surface area contributed by atoms with Gasteiger partial charge in [-0.05, 0) is 19.8 Å². The van der Waals surface area contributed by atoms with Crippen molar-refractivity contribution in [2.24, 2.45) is 0 Å². The van der Waals surface area contributed by atoms with Crippen LogP contribution in [0.2, 0.25) is 0 Å². The third-order valence-electron chi connectivity index (χ3n) is 1.18. The number of ether oxygens (including phenoxy) is 1. The van der Waals surface area contributed by atoms with E-state index in [1.54, 1.807) is 6.92 Å². The van der Waals surface area contributed by atoms with Crippen LogP contribution in [-0.2, 0) is 4.74 Å². The van der Waals surface area contributed by atoms with Crippen LogP contribution in [0.4, 0.5) is 4.79 Å². The predicted molar refractivity (Wildman–Crippen MR) is 42.5 cm³/mol. The normalized spacial score (nSPS) is 10.0. The summed E-state index contributed by atoms with van der Waals surface area (Å²) >= 11 is 0. The number of hydrogen-bond donors (Lipinski definition) is 3. The third kappa shape index (κ3) is 7.30. The molecule has 0 aliphatic rings. The standard InChI is InChI=1S/C7H15NO4/c1-2-12-7(11)8-5-3-4-6(9)10/h6,9-10H,2-5H2,1H3,(H,8,11). The molecule has 0 fully saturated rings. The average Bonchev–Trinajstić information content (AvgIpc) is 1.98. The molecule has 0 unspecified atom stereocenters. The molecular formula is C7H15NO4. The van der Waals surface area contributed by atoms with Gasteiger partial charge in [-0.25, -0.2) is 4.79 Å². The molecule has 12 heavy (non-hydrogen) atoms. The second-order valence-corrected chi connectivity index (χ2v) is 2.27. The topological polar surface area (TPSA) is 78.8 Å². The molecule has 0 heterocycles. The van der Waals surface area contributed by atoms with Gasteiger partial charge in [0.1, 0.15) is 0 Å². The van der Waals surface area contributed by atoms with Crippen molar-refractivity contribution < 1.29 is 19.7 Å². The Hall–Kier alpha value is -0.810. The Morgan fingerprint density at radius 1 is 1.58 bits per heavy atom. The summed E-state index contributed by atoms with van der Waals surface area (Å²) in [6.45, 7) is 2.46. The summed E-state index contributed by atoms with van der Waals surface area (Å²) in [7, 11) is 0. The number of alkyl carbamates (subject to hydrolysis) is 1. The Bertz CT molecular complexity index is 127. The van der Waals surface area contributed by atoms with Gasteiger partial charge in [0.05, 0.1) is 6.61 Å². The first-order valence-electron chi connectivity index (χ1n) is 3.93. The van der Waals surface area contributed by atoms with E-state index < -0.39 is 12.4 Å². The third-order valence-corrected chi connectivity index (χ3v) is 1.18. The van der Waals surface area contributed by atoms with E-state index in [0.717, 1.165) is 0 Å². The van der Waals surface area contributed by atoms with Crippen molar-refractivity contribution in [3.8, 4) is 0 Å². The number of carbonyl (C=O) groups is 1. The number of carbonyl (C=O) groups excluding carboxylic acids is 1. The quantitative estimate of drug-likeness (QED) is 0.402. The number of amides is 1. The molecule has 0 atom stereocenters. The second kappa shape index (κ2) is 6.87. The van der Waals surface area contributed by atoms with E-state index in [4.69, 9.17) is 10.2 Å². The van der Waals surface area contributed by atoms with E-state index in [1.165, 1.54) is 0 Å². The monoisotopic (exact) mass is 177 g/mol. The number of aliphatic hydroxyl groups excluding tert-OH is 1. The highest BCUT2D eigenvalue weighted by Crippen LogP contribution is 1.91. The summed E-state index contributed by atoms with van der Waals surface area (Å²) in [5.41, 5.74) is 0. The summed E-state index contributed by atoms with van der Waals surface area (Å²) < 4.78 is 4.57. The molecule has 0 aromatic heterocycles. The Balaban J connectivity index is 3.14. The van der Waals surface area contributed by atoms with Crippen molar-refractivity contribution in [3.05, 3.63) is 0 Å². The SMILES string of the molecule is CCOC(=O)NCCCC(O)O. The average molecular weight is 177 g/mol. The number of nitrogens with one attached hydrogen (secondary N) is 1. The molecule has 1 amide bonds. The van der Waals surface area contributed by atoms with E-state index in [1.807, 2.05) is 0 Å². The molecule has 0 saturated heterocycles. The minimum Gasteiger partial charge on any atom is -0.450 e. The molecule has 3 N–H and O–H groups in total. The van der Waals surface area contributed by atoms with Gasteiger partial charge in [0.25, 0.3) is 0 Å². The molecule has 0 aliphatic carbocycles. The molecule has 0 aliphatic heterocycles. The van der Waals surface area contributed by atoms with Crippen LogP contribution in [0.15, 0.2) is 0 Å². The van der Waals surface area contributed by atoms with Gasteiger partial charge in [-0.3, -0.25) is 0 Å². The molecule has 0 bridgehead atoms. The van der Waals surface area contributed by atoms with Crippen molar-refractivity contribution in [2.75, 3.05) is 13.2 Å². The minimum atomic E-state index is -1.30. The summed E-state index contributed by atoms with van der Waals surface area (Å²) in [6.07, 6.45) is -0.984. The first kappa shape index (κ1) is 11.2. The fourth-order valence-corrected chi connectivity index (χ4v) is 0.657. The summed E-state index contributed by atoms with van der Waals surface area (Å²) in [5, 5.41) is 19.3. The lowest BCUT2D eigenvalue weighted by Crippen LogP contribution is -2.25. The van der Waals surface area contributed by atoms with Gasteiger partial charge >= 0.3 is 6.09 Å². The van der Waals surface area contributed by atoms with Gasteiger partial charge in [0, 0.05) is 6.54 Å². The van der Waals surface area contributed by atoms with E-state index in [-0.39, 0.29) is 6.42 Å². The minimum absolute atomic E-state index is 0.256. The lowest BCUT2D eigenvalue weighted by Gasteiger charge is -2.05. The van der Waals surface area contributed by atoms with Crippen LogP contribution < -0.4 is 5.32 Å². The molecule has 0 spiro atoms. The Kier molecular flexibility index (Phi) is 6.41. The van der Waals surface area contributed by atoms with Gasteiger partial charge in [-0.1, -0.05) is 0 Å². The van der Waals surface area contributed by atoms with E-state index in [0.29, 0.717) is 19.6 Å². The molecule has 0 aromatic carbocycles. The maximum atomic E-state index is 10.6. The molecule has 0 saturated carbocycles. The van der Waals surface area contributed by atoms with Gasteiger partial charge in [-0.2, -0.15) is 0 Å². The van der Waals surface area contributed by atoms with Crippen molar-refractivity contribution in [1.82, 2.24) is 5.32 Å². The first-order chi connectivity index (χ1) is 5.66.